The van der Waals surface area contributed by atoms with Crippen LogP contribution in [0.5, 0.6) is 5.75 Å². The smallest absolute Gasteiger partial charge is 0.412 e. The van der Waals surface area contributed by atoms with Gasteiger partial charge in [-0.1, -0.05) is 6.07 Å². The Morgan fingerprint density at radius 3 is 2.33 bits per heavy atom. The molecular formula is C21H20FNO7. The summed E-state index contributed by atoms with van der Waals surface area (Å²) in [6.45, 7) is 1.41. The number of ether oxygens (including phenoxy) is 2. The van der Waals surface area contributed by atoms with Crippen molar-refractivity contribution in [3.63, 3.8) is 0 Å². The zero-order valence-corrected chi connectivity index (χ0v) is 16.2. The predicted octanol–water partition coefficient (Wildman–Crippen LogP) is 3.68. The van der Waals surface area contributed by atoms with Gasteiger partial charge in [0.15, 0.2) is 23.5 Å². The summed E-state index contributed by atoms with van der Waals surface area (Å²) < 4.78 is 24.4. The number of hydrogen-bond donors (Lipinski definition) is 3. The number of benzene rings is 2. The van der Waals surface area contributed by atoms with Gasteiger partial charge in [-0.05, 0) is 55.0 Å². The van der Waals surface area contributed by atoms with Crippen LogP contribution in [0, 0.1) is 5.82 Å². The number of carboxylic acid groups (broad SMARTS) is 1. The van der Waals surface area contributed by atoms with Crippen molar-refractivity contribution in [2.24, 2.45) is 0 Å². The molecule has 0 aliphatic heterocycles. The molecule has 2 aromatic carbocycles. The van der Waals surface area contributed by atoms with E-state index in [1.807, 2.05) is 0 Å². The van der Waals surface area contributed by atoms with Crippen molar-refractivity contribution >= 4 is 23.5 Å². The first-order valence-electron chi connectivity index (χ1n) is 8.72. The molecule has 0 aliphatic carbocycles. The van der Waals surface area contributed by atoms with Crippen LogP contribution >= 0.6 is 0 Å². The molecular weight excluding hydrogens is 397 g/mol. The minimum Gasteiger partial charge on any atom is -0.505 e. The third kappa shape index (κ3) is 6.14. The van der Waals surface area contributed by atoms with Gasteiger partial charge in [-0.3, -0.25) is 10.1 Å². The predicted molar refractivity (Wildman–Crippen MR) is 105 cm³/mol. The summed E-state index contributed by atoms with van der Waals surface area (Å²) in [4.78, 5) is 34.6. The number of carbonyl (C=O) groups excluding carboxylic acids is 2. The van der Waals surface area contributed by atoms with E-state index in [4.69, 9.17) is 14.6 Å². The average Bonchev–Trinajstić information content (AvgIpc) is 2.69. The number of nitrogens with one attached hydrogen (secondary N) is 1. The van der Waals surface area contributed by atoms with Crippen molar-refractivity contribution < 1.29 is 38.5 Å². The first kappa shape index (κ1) is 22.6. The van der Waals surface area contributed by atoms with Gasteiger partial charge < -0.3 is 19.7 Å². The fourth-order valence-electron chi connectivity index (χ4n) is 2.56. The first-order chi connectivity index (χ1) is 14.2. The largest absolute Gasteiger partial charge is 0.505 e. The van der Waals surface area contributed by atoms with Crippen molar-refractivity contribution in [3.8, 4) is 5.75 Å². The summed E-state index contributed by atoms with van der Waals surface area (Å²) in [5.74, 6) is -2.92. The minimum atomic E-state index is -1.25. The molecule has 2 atom stereocenters. The van der Waals surface area contributed by atoms with E-state index in [0.717, 1.165) is 24.3 Å². The monoisotopic (exact) mass is 417 g/mol. The van der Waals surface area contributed by atoms with Crippen molar-refractivity contribution in [2.45, 2.75) is 19.1 Å². The molecule has 1 amide bonds. The van der Waals surface area contributed by atoms with Crippen LogP contribution in [-0.2, 0) is 14.3 Å². The first-order valence-corrected chi connectivity index (χ1v) is 8.72. The summed E-state index contributed by atoms with van der Waals surface area (Å²) in [7, 11) is 1.27. The number of rotatable bonds is 8. The Morgan fingerprint density at radius 1 is 1.13 bits per heavy atom. The number of halogens is 1. The van der Waals surface area contributed by atoms with Gasteiger partial charge in [0, 0.05) is 24.4 Å². The molecule has 0 bridgehead atoms. The molecule has 30 heavy (non-hydrogen) atoms. The standard InChI is InChI=1S/C21H20FNO7/c1-12(24)13-3-6-15(7-4-13)23-21(28)30-20(18(29-2)9-10-19(26)27)14-5-8-17(25)16(22)11-14/h3-11,18,20,25H,1-2H3,(H,23,28)(H,26,27)/b10-9+/t18-,20-/m1/s1. The molecule has 158 valence electrons. The summed E-state index contributed by atoms with van der Waals surface area (Å²) in [6.07, 6.45) is -1.25. The van der Waals surface area contributed by atoms with Crippen molar-refractivity contribution in [1.82, 2.24) is 0 Å². The number of hydrogen-bond acceptors (Lipinski definition) is 6. The highest BCUT2D eigenvalue weighted by molar-refractivity contribution is 5.95. The van der Waals surface area contributed by atoms with Crippen LogP contribution in [0.4, 0.5) is 14.9 Å². The number of aliphatic carboxylic acids is 1. The topological polar surface area (TPSA) is 122 Å². The molecule has 8 nitrogen and oxygen atoms in total. The third-order valence-electron chi connectivity index (χ3n) is 4.07. The van der Waals surface area contributed by atoms with E-state index >= 15 is 0 Å². The summed E-state index contributed by atoms with van der Waals surface area (Å²) in [5, 5.41) is 20.7. The van der Waals surface area contributed by atoms with E-state index < -0.39 is 35.8 Å². The Morgan fingerprint density at radius 2 is 1.80 bits per heavy atom. The van der Waals surface area contributed by atoms with Gasteiger partial charge in [-0.15, -0.1) is 0 Å². The van der Waals surface area contributed by atoms with E-state index in [0.29, 0.717) is 11.3 Å². The lowest BCUT2D eigenvalue weighted by Gasteiger charge is -2.24. The highest BCUT2D eigenvalue weighted by atomic mass is 19.1. The number of amides is 1. The second kappa shape index (κ2) is 10.2. The van der Waals surface area contributed by atoms with Crippen LogP contribution in [0.25, 0.3) is 0 Å². The summed E-state index contributed by atoms with van der Waals surface area (Å²) in [6, 6.07) is 9.41. The molecule has 0 saturated carbocycles. The number of aromatic hydroxyl groups is 1. The zero-order chi connectivity index (χ0) is 22.3. The van der Waals surface area contributed by atoms with Gasteiger partial charge in [0.05, 0.1) is 0 Å². The number of phenols is 1. The van der Waals surface area contributed by atoms with Crippen molar-refractivity contribution in [2.75, 3.05) is 12.4 Å². The van der Waals surface area contributed by atoms with Crippen molar-refractivity contribution in [1.29, 1.82) is 0 Å². The van der Waals surface area contributed by atoms with E-state index in [-0.39, 0.29) is 11.3 Å². The lowest BCUT2D eigenvalue weighted by molar-refractivity contribution is -0.131. The number of carboxylic acids is 1. The van der Waals surface area contributed by atoms with Gasteiger partial charge >= 0.3 is 12.1 Å². The second-order valence-electron chi connectivity index (χ2n) is 6.19. The summed E-state index contributed by atoms with van der Waals surface area (Å²) >= 11 is 0. The number of carbonyl (C=O) groups is 3. The molecule has 3 N–H and O–H groups in total. The maximum Gasteiger partial charge on any atom is 0.412 e. The van der Waals surface area contributed by atoms with Crippen LogP contribution in [0.15, 0.2) is 54.6 Å². The molecule has 0 unspecified atom stereocenters. The van der Waals surface area contributed by atoms with Crippen LogP contribution in [0.1, 0.15) is 28.9 Å². The summed E-state index contributed by atoms with van der Waals surface area (Å²) in [5.41, 5.74) is 0.939. The third-order valence-corrected chi connectivity index (χ3v) is 4.07. The molecule has 2 rings (SSSR count). The number of methoxy groups -OCH3 is 1. The van der Waals surface area contributed by atoms with Gasteiger partial charge in [0.1, 0.15) is 6.10 Å². The van der Waals surface area contributed by atoms with E-state index in [9.17, 15) is 23.9 Å². The number of anilines is 1. The molecule has 0 radical (unpaired) electrons. The Kier molecular flexibility index (Phi) is 7.65. The quantitative estimate of drug-likeness (QED) is 0.442. The minimum absolute atomic E-state index is 0.133. The van der Waals surface area contributed by atoms with Crippen LogP contribution in [0.3, 0.4) is 0 Å². The SMILES string of the molecule is CO[C@H](/C=C/C(=O)O)[C@H](OC(=O)Nc1ccc(C(C)=O)cc1)c1ccc(O)c(F)c1. The molecule has 2 aromatic rings. The number of ketones is 1. The lowest BCUT2D eigenvalue weighted by atomic mass is 10.0. The van der Waals surface area contributed by atoms with Gasteiger partial charge in [-0.2, -0.15) is 0 Å². The second-order valence-corrected chi connectivity index (χ2v) is 6.19. The average molecular weight is 417 g/mol. The number of Topliss-reactive ketones (excluding diaryl/α,β-unsaturated/α-hetero) is 1. The van der Waals surface area contributed by atoms with Gasteiger partial charge in [0.25, 0.3) is 0 Å². The number of phenolic OH excluding ortho intramolecular Hbond substituents is 1. The van der Waals surface area contributed by atoms with E-state index in [1.165, 1.54) is 44.4 Å². The van der Waals surface area contributed by atoms with Gasteiger partial charge in [-0.25, -0.2) is 14.0 Å². The van der Waals surface area contributed by atoms with E-state index in [2.05, 4.69) is 5.32 Å². The normalized spacial score (nSPS) is 12.9. The Labute approximate surface area is 171 Å². The van der Waals surface area contributed by atoms with Crippen molar-refractivity contribution in [3.05, 3.63) is 71.6 Å². The van der Waals surface area contributed by atoms with Gasteiger partial charge in [0.2, 0.25) is 0 Å². The van der Waals surface area contributed by atoms with E-state index in [1.54, 1.807) is 0 Å². The fourth-order valence-corrected chi connectivity index (χ4v) is 2.56. The molecule has 9 heteroatoms. The molecule has 0 aromatic heterocycles. The highest BCUT2D eigenvalue weighted by Gasteiger charge is 2.27. The zero-order valence-electron chi connectivity index (χ0n) is 16.2. The lowest BCUT2D eigenvalue weighted by Crippen LogP contribution is -2.27. The Hall–Kier alpha value is -3.72. The fraction of sp³-hybridized carbons (Fsp3) is 0.190. The molecule has 0 aliphatic rings. The maximum absolute atomic E-state index is 13.8. The Balaban J connectivity index is 2.26. The molecule has 0 spiro atoms. The molecule has 0 heterocycles. The maximum atomic E-state index is 13.8. The molecule has 0 saturated heterocycles. The molecule has 0 fully saturated rings. The van der Waals surface area contributed by atoms with Crippen LogP contribution < -0.4 is 5.32 Å². The Bertz CT molecular complexity index is 956. The van der Waals surface area contributed by atoms with Crippen LogP contribution in [-0.4, -0.2) is 41.3 Å². The highest BCUT2D eigenvalue weighted by Crippen LogP contribution is 2.28. The van der Waals surface area contributed by atoms with Crippen LogP contribution in [0.2, 0.25) is 0 Å².